The highest BCUT2D eigenvalue weighted by Gasteiger charge is 2.36. The van der Waals surface area contributed by atoms with Crippen molar-refractivity contribution in [3.8, 4) is 0 Å². The van der Waals surface area contributed by atoms with Crippen LogP contribution in [0.3, 0.4) is 0 Å². The number of hydrogen-bond acceptors (Lipinski definition) is 4. The fourth-order valence-electron chi connectivity index (χ4n) is 2.07. The van der Waals surface area contributed by atoms with Crippen LogP contribution in [0.2, 0.25) is 0 Å². The summed E-state index contributed by atoms with van der Waals surface area (Å²) >= 11 is 1.47. The van der Waals surface area contributed by atoms with Gasteiger partial charge in [-0.05, 0) is 5.56 Å². The summed E-state index contributed by atoms with van der Waals surface area (Å²) in [4.78, 5) is 21.7. The van der Waals surface area contributed by atoms with E-state index in [0.717, 1.165) is 10.6 Å². The zero-order chi connectivity index (χ0) is 13.2. The van der Waals surface area contributed by atoms with Crippen LogP contribution in [-0.4, -0.2) is 21.8 Å². The van der Waals surface area contributed by atoms with Gasteiger partial charge in [0, 0.05) is 18.1 Å². The first-order chi connectivity index (χ1) is 9.25. The SMILES string of the molecule is NC1=NC(=O)N(Cc2ccccc2)C1c1nccs1. The number of aliphatic imine (C=N–C) groups is 1. The first-order valence-corrected chi connectivity index (χ1v) is 6.71. The van der Waals surface area contributed by atoms with E-state index in [0.29, 0.717) is 12.4 Å². The van der Waals surface area contributed by atoms with Crippen LogP contribution in [0.25, 0.3) is 0 Å². The molecule has 0 radical (unpaired) electrons. The number of nitrogens with zero attached hydrogens (tertiary/aromatic N) is 3. The molecule has 0 saturated carbocycles. The van der Waals surface area contributed by atoms with Crippen molar-refractivity contribution in [3.05, 3.63) is 52.5 Å². The van der Waals surface area contributed by atoms with Gasteiger partial charge in [-0.2, -0.15) is 4.99 Å². The fraction of sp³-hybridized carbons (Fsp3) is 0.154. The second kappa shape index (κ2) is 4.81. The smallest absolute Gasteiger partial charge is 0.346 e. The molecular weight excluding hydrogens is 260 g/mol. The number of aromatic nitrogens is 1. The van der Waals surface area contributed by atoms with Crippen LogP contribution in [0.15, 0.2) is 46.9 Å². The number of amidine groups is 1. The number of thiazole rings is 1. The molecular formula is C13H12N4OS. The lowest BCUT2D eigenvalue weighted by Gasteiger charge is -2.22. The second-order valence-corrected chi connectivity index (χ2v) is 5.13. The summed E-state index contributed by atoms with van der Waals surface area (Å²) in [6.45, 7) is 0.480. The Bertz CT molecular complexity index is 609. The van der Waals surface area contributed by atoms with Crippen molar-refractivity contribution in [2.45, 2.75) is 12.6 Å². The van der Waals surface area contributed by atoms with Crippen LogP contribution in [0.5, 0.6) is 0 Å². The van der Waals surface area contributed by atoms with Gasteiger partial charge < -0.3 is 10.6 Å². The van der Waals surface area contributed by atoms with E-state index in [1.807, 2.05) is 35.7 Å². The molecule has 1 aromatic carbocycles. The van der Waals surface area contributed by atoms with Crippen LogP contribution in [0.1, 0.15) is 16.6 Å². The summed E-state index contributed by atoms with van der Waals surface area (Å²) in [5, 5.41) is 2.66. The third-order valence-corrected chi connectivity index (χ3v) is 3.77. The quantitative estimate of drug-likeness (QED) is 0.930. The summed E-state index contributed by atoms with van der Waals surface area (Å²) < 4.78 is 0. The van der Waals surface area contributed by atoms with E-state index in [1.165, 1.54) is 11.3 Å². The largest absolute Gasteiger partial charge is 0.385 e. The first-order valence-electron chi connectivity index (χ1n) is 5.83. The maximum absolute atomic E-state index is 11.9. The topological polar surface area (TPSA) is 71.6 Å². The molecule has 1 aromatic heterocycles. The first kappa shape index (κ1) is 11.9. The molecule has 2 aromatic rings. The molecule has 2 heterocycles. The van der Waals surface area contributed by atoms with Crippen molar-refractivity contribution in [2.24, 2.45) is 10.7 Å². The minimum atomic E-state index is -0.340. The molecule has 6 heteroatoms. The summed E-state index contributed by atoms with van der Waals surface area (Å²) in [6.07, 6.45) is 1.71. The highest BCUT2D eigenvalue weighted by Crippen LogP contribution is 2.29. The van der Waals surface area contributed by atoms with Gasteiger partial charge in [0.25, 0.3) is 0 Å². The standard InChI is InChI=1S/C13H12N4OS/c14-11-10(12-15-6-7-19-12)17(13(18)16-11)8-9-4-2-1-3-5-9/h1-7,10H,8H2,(H2,14,16,18). The highest BCUT2D eigenvalue weighted by atomic mass is 32.1. The number of carbonyl (C=O) groups is 1. The van der Waals surface area contributed by atoms with Crippen molar-refractivity contribution in [3.63, 3.8) is 0 Å². The number of nitrogens with two attached hydrogens (primary N) is 1. The van der Waals surface area contributed by atoms with Crippen LogP contribution in [0.4, 0.5) is 4.79 Å². The van der Waals surface area contributed by atoms with Crippen LogP contribution in [-0.2, 0) is 6.54 Å². The third kappa shape index (κ3) is 2.22. The minimum Gasteiger partial charge on any atom is -0.385 e. The summed E-state index contributed by atoms with van der Waals surface area (Å²) in [6, 6.07) is 9.13. The van der Waals surface area contributed by atoms with Gasteiger partial charge >= 0.3 is 6.03 Å². The Morgan fingerprint density at radius 1 is 1.32 bits per heavy atom. The molecule has 96 valence electrons. The monoisotopic (exact) mass is 272 g/mol. The van der Waals surface area contributed by atoms with Crippen LogP contribution >= 0.6 is 11.3 Å². The number of benzene rings is 1. The average molecular weight is 272 g/mol. The van der Waals surface area contributed by atoms with E-state index in [-0.39, 0.29) is 12.1 Å². The third-order valence-electron chi connectivity index (χ3n) is 2.94. The Morgan fingerprint density at radius 3 is 2.79 bits per heavy atom. The molecule has 0 fully saturated rings. The molecule has 5 nitrogen and oxygen atoms in total. The Hall–Kier alpha value is -2.21. The van der Waals surface area contributed by atoms with Gasteiger partial charge in [-0.1, -0.05) is 30.3 Å². The normalized spacial score (nSPS) is 18.7. The van der Waals surface area contributed by atoms with Crippen molar-refractivity contribution in [1.29, 1.82) is 0 Å². The number of carbonyl (C=O) groups excluding carboxylic acids is 1. The predicted octanol–water partition coefficient (Wildman–Crippen LogP) is 2.18. The summed E-state index contributed by atoms with van der Waals surface area (Å²) in [5.41, 5.74) is 6.90. The average Bonchev–Trinajstić information content (AvgIpc) is 3.00. The van der Waals surface area contributed by atoms with E-state index >= 15 is 0 Å². The van der Waals surface area contributed by atoms with Gasteiger partial charge in [-0.15, -0.1) is 11.3 Å². The Morgan fingerprint density at radius 2 is 2.11 bits per heavy atom. The zero-order valence-corrected chi connectivity index (χ0v) is 10.9. The van der Waals surface area contributed by atoms with E-state index in [2.05, 4.69) is 9.98 Å². The molecule has 1 atom stereocenters. The maximum Gasteiger partial charge on any atom is 0.346 e. The molecule has 1 aliphatic rings. The van der Waals surface area contributed by atoms with Gasteiger partial charge in [0.1, 0.15) is 16.9 Å². The van der Waals surface area contributed by atoms with Gasteiger partial charge in [-0.3, -0.25) is 0 Å². The fourth-order valence-corrected chi connectivity index (χ4v) is 2.83. The molecule has 1 unspecified atom stereocenters. The van der Waals surface area contributed by atoms with E-state index in [4.69, 9.17) is 5.73 Å². The van der Waals surface area contributed by atoms with Crippen LogP contribution < -0.4 is 5.73 Å². The van der Waals surface area contributed by atoms with Crippen molar-refractivity contribution >= 4 is 23.2 Å². The van der Waals surface area contributed by atoms with Crippen LogP contribution in [0, 0.1) is 0 Å². The van der Waals surface area contributed by atoms with E-state index in [1.54, 1.807) is 11.1 Å². The number of urea groups is 1. The Balaban J connectivity index is 1.89. The van der Waals surface area contributed by atoms with Gasteiger partial charge in [-0.25, -0.2) is 9.78 Å². The molecule has 0 aliphatic carbocycles. The van der Waals surface area contributed by atoms with Gasteiger partial charge in [0.05, 0.1) is 0 Å². The lowest BCUT2D eigenvalue weighted by Crippen LogP contribution is -2.32. The summed E-state index contributed by atoms with van der Waals surface area (Å²) in [5.74, 6) is 0.316. The molecule has 0 saturated heterocycles. The molecule has 0 bridgehead atoms. The summed E-state index contributed by atoms with van der Waals surface area (Å²) in [7, 11) is 0. The zero-order valence-electron chi connectivity index (χ0n) is 10.1. The molecule has 2 N–H and O–H groups in total. The van der Waals surface area contributed by atoms with Gasteiger partial charge in [0.2, 0.25) is 0 Å². The van der Waals surface area contributed by atoms with Crippen molar-refractivity contribution in [2.75, 3.05) is 0 Å². The lowest BCUT2D eigenvalue weighted by atomic mass is 10.2. The Labute approximate surface area is 114 Å². The lowest BCUT2D eigenvalue weighted by molar-refractivity contribution is 0.203. The molecule has 1 aliphatic heterocycles. The Kier molecular flexibility index (Phi) is 3.00. The van der Waals surface area contributed by atoms with Gasteiger partial charge in [0.15, 0.2) is 0 Å². The number of hydrogen-bond donors (Lipinski definition) is 1. The van der Waals surface area contributed by atoms with Crippen molar-refractivity contribution < 1.29 is 4.79 Å². The van der Waals surface area contributed by atoms with E-state index in [9.17, 15) is 4.79 Å². The molecule has 0 spiro atoms. The predicted molar refractivity (Wildman–Crippen MR) is 73.9 cm³/mol. The molecule has 3 rings (SSSR count). The highest BCUT2D eigenvalue weighted by molar-refractivity contribution is 7.09. The minimum absolute atomic E-state index is 0.304. The molecule has 2 amide bonds. The van der Waals surface area contributed by atoms with Crippen molar-refractivity contribution in [1.82, 2.24) is 9.88 Å². The second-order valence-electron chi connectivity index (χ2n) is 4.21. The van der Waals surface area contributed by atoms with E-state index < -0.39 is 0 Å². The number of rotatable bonds is 3. The maximum atomic E-state index is 11.9. The molecule has 19 heavy (non-hydrogen) atoms. The number of amides is 2.